The lowest BCUT2D eigenvalue weighted by molar-refractivity contribution is -0.140. The summed E-state index contributed by atoms with van der Waals surface area (Å²) in [4.78, 5) is 10.6. The lowest BCUT2D eigenvalue weighted by atomic mass is 10.1. The third kappa shape index (κ3) is 3.91. The van der Waals surface area contributed by atoms with Crippen molar-refractivity contribution in [3.05, 3.63) is 28.2 Å². The molecule has 0 heterocycles. The zero-order valence-electron chi connectivity index (χ0n) is 8.96. The SMILES string of the molecule is CC(C)(CC(=O)O)Oc1ccc(Cl)cc1Cl. The maximum atomic E-state index is 10.6. The van der Waals surface area contributed by atoms with Gasteiger partial charge in [0.05, 0.1) is 11.4 Å². The number of rotatable bonds is 4. The molecule has 1 rings (SSSR count). The molecule has 0 atom stereocenters. The maximum absolute atomic E-state index is 10.6. The van der Waals surface area contributed by atoms with E-state index in [1.165, 1.54) is 0 Å². The Morgan fingerprint density at radius 3 is 2.56 bits per heavy atom. The fraction of sp³-hybridized carbons (Fsp3) is 0.364. The van der Waals surface area contributed by atoms with Crippen molar-refractivity contribution in [2.75, 3.05) is 0 Å². The molecule has 0 fully saturated rings. The standard InChI is InChI=1S/C11H12Cl2O3/c1-11(2,6-10(14)15)16-9-4-3-7(12)5-8(9)13/h3-5H,6H2,1-2H3,(H,14,15). The molecule has 1 N–H and O–H groups in total. The monoisotopic (exact) mass is 262 g/mol. The van der Waals surface area contributed by atoms with Crippen molar-refractivity contribution in [1.82, 2.24) is 0 Å². The van der Waals surface area contributed by atoms with Crippen molar-refractivity contribution in [3.8, 4) is 5.75 Å². The lowest BCUT2D eigenvalue weighted by Gasteiger charge is -2.25. The van der Waals surface area contributed by atoms with Gasteiger partial charge >= 0.3 is 5.97 Å². The van der Waals surface area contributed by atoms with E-state index in [2.05, 4.69) is 0 Å². The summed E-state index contributed by atoms with van der Waals surface area (Å²) in [5.41, 5.74) is -0.816. The highest BCUT2D eigenvalue weighted by Crippen LogP contribution is 2.31. The average molecular weight is 263 g/mol. The molecule has 0 amide bonds. The molecule has 5 heteroatoms. The van der Waals surface area contributed by atoms with Crippen molar-refractivity contribution < 1.29 is 14.6 Å². The molecule has 88 valence electrons. The summed E-state index contributed by atoms with van der Waals surface area (Å²) >= 11 is 11.7. The Labute approximate surface area is 104 Å². The lowest BCUT2D eigenvalue weighted by Crippen LogP contribution is -2.31. The largest absolute Gasteiger partial charge is 0.486 e. The third-order valence-electron chi connectivity index (χ3n) is 1.86. The number of carbonyl (C=O) groups is 1. The number of carboxylic acids is 1. The second-order valence-electron chi connectivity index (χ2n) is 4.01. The summed E-state index contributed by atoms with van der Waals surface area (Å²) in [5, 5.41) is 9.58. The third-order valence-corrected chi connectivity index (χ3v) is 2.39. The first-order valence-electron chi connectivity index (χ1n) is 4.66. The smallest absolute Gasteiger partial charge is 0.307 e. The molecule has 0 radical (unpaired) electrons. The van der Waals surface area contributed by atoms with Gasteiger partial charge in [0, 0.05) is 5.02 Å². The number of hydrogen-bond acceptors (Lipinski definition) is 2. The average Bonchev–Trinajstić information content (AvgIpc) is 2.07. The minimum absolute atomic E-state index is 0.105. The first kappa shape index (κ1) is 13.1. The first-order valence-corrected chi connectivity index (χ1v) is 5.42. The Morgan fingerprint density at radius 2 is 2.06 bits per heavy atom. The predicted molar refractivity (Wildman–Crippen MR) is 63.4 cm³/mol. The number of hydrogen-bond donors (Lipinski definition) is 1. The van der Waals surface area contributed by atoms with Crippen LogP contribution < -0.4 is 4.74 Å². The second-order valence-corrected chi connectivity index (χ2v) is 4.85. The summed E-state index contributed by atoms with van der Waals surface area (Å²) in [6.07, 6.45) is -0.105. The maximum Gasteiger partial charge on any atom is 0.307 e. The Balaban J connectivity index is 2.83. The molecule has 0 aromatic heterocycles. The van der Waals surface area contributed by atoms with Gasteiger partial charge in [-0.1, -0.05) is 23.2 Å². The second kappa shape index (κ2) is 4.93. The van der Waals surface area contributed by atoms with E-state index in [0.717, 1.165) is 0 Å². The van der Waals surface area contributed by atoms with E-state index in [9.17, 15) is 4.79 Å². The predicted octanol–water partition coefficient (Wildman–Crippen LogP) is 3.63. The molecule has 1 aromatic rings. The quantitative estimate of drug-likeness (QED) is 0.902. The van der Waals surface area contributed by atoms with Gasteiger partial charge in [0.25, 0.3) is 0 Å². The number of halogens is 2. The highest BCUT2D eigenvalue weighted by atomic mass is 35.5. The van der Waals surface area contributed by atoms with Crippen LogP contribution in [0.1, 0.15) is 20.3 Å². The summed E-state index contributed by atoms with van der Waals surface area (Å²) < 4.78 is 5.53. The minimum atomic E-state index is -0.921. The van der Waals surface area contributed by atoms with E-state index < -0.39 is 11.6 Å². The van der Waals surface area contributed by atoms with Crippen LogP contribution in [0.25, 0.3) is 0 Å². The first-order chi connectivity index (χ1) is 7.30. The van der Waals surface area contributed by atoms with Gasteiger partial charge in [0.15, 0.2) is 0 Å². The zero-order valence-corrected chi connectivity index (χ0v) is 10.5. The van der Waals surface area contributed by atoms with E-state index >= 15 is 0 Å². The van der Waals surface area contributed by atoms with Gasteiger partial charge in [0.2, 0.25) is 0 Å². The number of carboxylic acid groups (broad SMARTS) is 1. The summed E-state index contributed by atoms with van der Waals surface area (Å²) in [6, 6.07) is 4.81. The Morgan fingerprint density at radius 1 is 1.44 bits per heavy atom. The van der Waals surface area contributed by atoms with Crippen LogP contribution in [0.5, 0.6) is 5.75 Å². The number of aliphatic carboxylic acids is 1. The summed E-state index contributed by atoms with van der Waals surface area (Å²) in [7, 11) is 0. The van der Waals surface area contributed by atoms with Gasteiger partial charge in [-0.15, -0.1) is 0 Å². The van der Waals surface area contributed by atoms with E-state index in [4.69, 9.17) is 33.0 Å². The van der Waals surface area contributed by atoms with Gasteiger partial charge in [-0.05, 0) is 32.0 Å². The van der Waals surface area contributed by atoms with Crippen LogP contribution >= 0.6 is 23.2 Å². The van der Waals surface area contributed by atoms with Gasteiger partial charge in [-0.3, -0.25) is 4.79 Å². The molecular formula is C11H12Cl2O3. The van der Waals surface area contributed by atoms with E-state index in [0.29, 0.717) is 15.8 Å². The number of ether oxygens (including phenoxy) is 1. The highest BCUT2D eigenvalue weighted by Gasteiger charge is 2.24. The molecule has 0 aliphatic rings. The van der Waals surface area contributed by atoms with Gasteiger partial charge in [-0.25, -0.2) is 0 Å². The summed E-state index contributed by atoms with van der Waals surface area (Å²) in [6.45, 7) is 3.37. The van der Waals surface area contributed by atoms with Crippen molar-refractivity contribution in [2.45, 2.75) is 25.9 Å². The molecule has 0 saturated carbocycles. The molecule has 0 saturated heterocycles. The van der Waals surface area contributed by atoms with Crippen molar-refractivity contribution in [2.24, 2.45) is 0 Å². The van der Waals surface area contributed by atoms with Crippen LogP contribution in [-0.4, -0.2) is 16.7 Å². The Bertz CT molecular complexity index is 402. The molecule has 0 bridgehead atoms. The van der Waals surface area contributed by atoms with E-state index in [1.54, 1.807) is 32.0 Å². The topological polar surface area (TPSA) is 46.5 Å². The van der Waals surface area contributed by atoms with Crippen LogP contribution in [0.2, 0.25) is 10.0 Å². The van der Waals surface area contributed by atoms with Gasteiger partial charge in [0.1, 0.15) is 11.4 Å². The van der Waals surface area contributed by atoms with Crippen LogP contribution in [0.3, 0.4) is 0 Å². The molecule has 1 aromatic carbocycles. The fourth-order valence-electron chi connectivity index (χ4n) is 1.26. The van der Waals surface area contributed by atoms with Crippen LogP contribution in [0.4, 0.5) is 0 Å². The van der Waals surface area contributed by atoms with E-state index in [-0.39, 0.29) is 6.42 Å². The Kier molecular flexibility index (Phi) is 4.05. The molecule has 0 aliphatic heterocycles. The molecule has 0 aliphatic carbocycles. The van der Waals surface area contributed by atoms with Crippen molar-refractivity contribution >= 4 is 29.2 Å². The number of benzene rings is 1. The van der Waals surface area contributed by atoms with Crippen LogP contribution in [-0.2, 0) is 4.79 Å². The molecule has 3 nitrogen and oxygen atoms in total. The highest BCUT2D eigenvalue weighted by molar-refractivity contribution is 6.35. The molecule has 0 spiro atoms. The fourth-order valence-corrected chi connectivity index (χ4v) is 1.70. The van der Waals surface area contributed by atoms with Gasteiger partial charge < -0.3 is 9.84 Å². The molecule has 16 heavy (non-hydrogen) atoms. The van der Waals surface area contributed by atoms with Gasteiger partial charge in [-0.2, -0.15) is 0 Å². The van der Waals surface area contributed by atoms with Crippen molar-refractivity contribution in [3.63, 3.8) is 0 Å². The van der Waals surface area contributed by atoms with Crippen LogP contribution in [0, 0.1) is 0 Å². The normalized spacial score (nSPS) is 11.2. The Hall–Kier alpha value is -0.930. The summed E-state index contributed by atoms with van der Waals surface area (Å²) in [5.74, 6) is -0.493. The van der Waals surface area contributed by atoms with Crippen LogP contribution in [0.15, 0.2) is 18.2 Å². The molecule has 0 unspecified atom stereocenters. The van der Waals surface area contributed by atoms with E-state index in [1.807, 2.05) is 0 Å². The zero-order chi connectivity index (χ0) is 12.3. The minimum Gasteiger partial charge on any atom is -0.486 e. The van der Waals surface area contributed by atoms with Crippen molar-refractivity contribution in [1.29, 1.82) is 0 Å². The molecular weight excluding hydrogens is 251 g/mol.